The smallest absolute Gasteiger partial charge is 0.325 e. The molecular weight excluding hydrogens is 222 g/mol. The quantitative estimate of drug-likeness (QED) is 0.816. The molecule has 96 valence electrons. The summed E-state index contributed by atoms with van der Waals surface area (Å²) in [6.45, 7) is 9.00. The second-order valence-electron chi connectivity index (χ2n) is 4.61. The van der Waals surface area contributed by atoms with Gasteiger partial charge in [-0.15, -0.1) is 15.0 Å². The Balaban J connectivity index is 2.65. The lowest BCUT2D eigenvalue weighted by Crippen LogP contribution is -2.10. The van der Waals surface area contributed by atoms with Crippen LogP contribution in [0.2, 0.25) is 0 Å². The number of aromatic hydroxyl groups is 1. The molecule has 1 heterocycles. The molecule has 0 aromatic carbocycles. The van der Waals surface area contributed by atoms with E-state index in [2.05, 4.69) is 15.0 Å². The summed E-state index contributed by atoms with van der Waals surface area (Å²) in [5, 5.41) is 9.30. The van der Waals surface area contributed by atoms with Gasteiger partial charge < -0.3 is 14.6 Å². The van der Waals surface area contributed by atoms with Crippen molar-refractivity contribution in [2.24, 2.45) is 11.8 Å². The highest BCUT2D eigenvalue weighted by atomic mass is 16.5. The van der Waals surface area contributed by atoms with Crippen molar-refractivity contribution in [3.05, 3.63) is 0 Å². The minimum absolute atomic E-state index is 0.0879. The van der Waals surface area contributed by atoms with Crippen LogP contribution in [0.4, 0.5) is 0 Å². The van der Waals surface area contributed by atoms with Gasteiger partial charge in [-0.3, -0.25) is 0 Å². The Labute approximate surface area is 101 Å². The zero-order valence-corrected chi connectivity index (χ0v) is 10.7. The second kappa shape index (κ2) is 6.22. The number of hydrogen-bond acceptors (Lipinski definition) is 6. The second-order valence-corrected chi connectivity index (χ2v) is 4.61. The number of rotatable bonds is 6. The summed E-state index contributed by atoms with van der Waals surface area (Å²) in [5.41, 5.74) is 0. The number of ether oxygens (including phenoxy) is 2. The van der Waals surface area contributed by atoms with Crippen molar-refractivity contribution >= 4 is 0 Å². The molecule has 0 aliphatic rings. The Morgan fingerprint density at radius 1 is 0.882 bits per heavy atom. The Kier molecular flexibility index (Phi) is 4.93. The lowest BCUT2D eigenvalue weighted by Gasteiger charge is -2.09. The highest BCUT2D eigenvalue weighted by Gasteiger charge is 2.09. The van der Waals surface area contributed by atoms with Crippen LogP contribution in [-0.4, -0.2) is 33.3 Å². The number of nitrogens with zero attached hydrogens (tertiary/aromatic N) is 3. The summed E-state index contributed by atoms with van der Waals surface area (Å²) in [4.78, 5) is 11.3. The van der Waals surface area contributed by atoms with Crippen LogP contribution in [0.5, 0.6) is 18.0 Å². The number of aromatic nitrogens is 3. The molecule has 0 amide bonds. The molecule has 1 N–H and O–H groups in total. The third-order valence-electron chi connectivity index (χ3n) is 1.67. The van der Waals surface area contributed by atoms with Gasteiger partial charge in [0.25, 0.3) is 0 Å². The van der Waals surface area contributed by atoms with Gasteiger partial charge >= 0.3 is 18.0 Å². The minimum Gasteiger partial charge on any atom is -0.479 e. The molecule has 0 bridgehead atoms. The lowest BCUT2D eigenvalue weighted by molar-refractivity contribution is 0.218. The maximum Gasteiger partial charge on any atom is 0.325 e. The van der Waals surface area contributed by atoms with Crippen LogP contribution < -0.4 is 9.47 Å². The molecule has 0 saturated heterocycles. The van der Waals surface area contributed by atoms with Crippen LogP contribution in [0.1, 0.15) is 27.7 Å². The Hall–Kier alpha value is -1.59. The van der Waals surface area contributed by atoms with Gasteiger partial charge in [0.1, 0.15) is 0 Å². The van der Waals surface area contributed by atoms with Crippen LogP contribution in [-0.2, 0) is 0 Å². The first kappa shape index (κ1) is 13.5. The zero-order valence-electron chi connectivity index (χ0n) is 10.7. The fourth-order valence-corrected chi connectivity index (χ4v) is 0.939. The molecule has 6 heteroatoms. The van der Waals surface area contributed by atoms with Crippen molar-refractivity contribution in [2.75, 3.05) is 13.2 Å². The molecule has 0 spiro atoms. The fraction of sp³-hybridized carbons (Fsp3) is 0.727. The molecule has 0 unspecified atom stereocenters. The van der Waals surface area contributed by atoms with Crippen molar-refractivity contribution in [3.63, 3.8) is 0 Å². The minimum atomic E-state index is -0.391. The predicted molar refractivity (Wildman–Crippen MR) is 62.2 cm³/mol. The zero-order chi connectivity index (χ0) is 12.8. The SMILES string of the molecule is CC(C)COc1nc(O)nc(OCC(C)C)n1. The molecule has 1 aromatic heterocycles. The summed E-state index contributed by atoms with van der Waals surface area (Å²) in [6.07, 6.45) is 0. The molecule has 0 fully saturated rings. The molecule has 1 aromatic rings. The van der Waals surface area contributed by atoms with Gasteiger partial charge in [0.15, 0.2) is 0 Å². The summed E-state index contributed by atoms with van der Waals surface area (Å²) in [5.74, 6) is 0.711. The van der Waals surface area contributed by atoms with E-state index in [1.165, 1.54) is 0 Å². The highest BCUT2D eigenvalue weighted by Crippen LogP contribution is 2.14. The Morgan fingerprint density at radius 3 is 1.65 bits per heavy atom. The summed E-state index contributed by atoms with van der Waals surface area (Å²) >= 11 is 0. The maximum atomic E-state index is 9.30. The van der Waals surface area contributed by atoms with Gasteiger partial charge in [-0.1, -0.05) is 27.7 Å². The van der Waals surface area contributed by atoms with Crippen molar-refractivity contribution in [1.29, 1.82) is 0 Å². The van der Waals surface area contributed by atoms with Gasteiger partial charge in [-0.25, -0.2) is 0 Å². The average molecular weight is 241 g/mol. The summed E-state index contributed by atoms with van der Waals surface area (Å²) in [6, 6.07) is -0.215. The van der Waals surface area contributed by atoms with Crippen molar-refractivity contribution in [2.45, 2.75) is 27.7 Å². The van der Waals surface area contributed by atoms with Crippen molar-refractivity contribution < 1.29 is 14.6 Å². The van der Waals surface area contributed by atoms with E-state index >= 15 is 0 Å². The number of hydrogen-bond donors (Lipinski definition) is 1. The molecule has 17 heavy (non-hydrogen) atoms. The third-order valence-corrected chi connectivity index (χ3v) is 1.67. The first-order chi connectivity index (χ1) is 7.97. The molecule has 0 radical (unpaired) electrons. The Bertz CT molecular complexity index is 326. The van der Waals surface area contributed by atoms with Crippen LogP contribution in [0.15, 0.2) is 0 Å². The van der Waals surface area contributed by atoms with Crippen LogP contribution >= 0.6 is 0 Å². The largest absolute Gasteiger partial charge is 0.479 e. The van der Waals surface area contributed by atoms with E-state index in [1.807, 2.05) is 27.7 Å². The fourth-order valence-electron chi connectivity index (χ4n) is 0.939. The molecular formula is C11H19N3O3. The van der Waals surface area contributed by atoms with Gasteiger partial charge in [-0.05, 0) is 11.8 Å². The third kappa shape index (κ3) is 5.33. The van der Waals surface area contributed by atoms with Gasteiger partial charge in [0.2, 0.25) is 0 Å². The first-order valence-electron chi connectivity index (χ1n) is 5.68. The van der Waals surface area contributed by atoms with E-state index in [1.54, 1.807) is 0 Å². The lowest BCUT2D eigenvalue weighted by atomic mass is 10.2. The van der Waals surface area contributed by atoms with E-state index in [4.69, 9.17) is 9.47 Å². The van der Waals surface area contributed by atoms with Crippen LogP contribution in [0, 0.1) is 11.8 Å². The van der Waals surface area contributed by atoms with E-state index in [0.29, 0.717) is 25.0 Å². The van der Waals surface area contributed by atoms with E-state index in [0.717, 1.165) is 0 Å². The molecule has 0 aliphatic carbocycles. The maximum absolute atomic E-state index is 9.30. The molecule has 0 aliphatic heterocycles. The monoisotopic (exact) mass is 241 g/mol. The van der Waals surface area contributed by atoms with Crippen LogP contribution in [0.25, 0.3) is 0 Å². The topological polar surface area (TPSA) is 77.4 Å². The Morgan fingerprint density at radius 2 is 1.29 bits per heavy atom. The normalized spacial score (nSPS) is 10.9. The molecule has 6 nitrogen and oxygen atoms in total. The van der Waals surface area contributed by atoms with E-state index in [9.17, 15) is 5.11 Å². The van der Waals surface area contributed by atoms with E-state index in [-0.39, 0.29) is 12.0 Å². The first-order valence-corrected chi connectivity index (χ1v) is 5.68. The summed E-state index contributed by atoms with van der Waals surface area (Å²) in [7, 11) is 0. The van der Waals surface area contributed by atoms with Crippen LogP contribution in [0.3, 0.4) is 0 Å². The van der Waals surface area contributed by atoms with Crippen molar-refractivity contribution in [3.8, 4) is 18.0 Å². The highest BCUT2D eigenvalue weighted by molar-refractivity contribution is 5.07. The van der Waals surface area contributed by atoms with Crippen molar-refractivity contribution in [1.82, 2.24) is 15.0 Å². The molecule has 0 atom stereocenters. The standard InChI is InChI=1S/C11H19N3O3/c1-7(2)5-16-10-12-9(15)13-11(14-10)17-6-8(3)4/h7-8H,5-6H2,1-4H3,(H,12,13,14,15). The summed E-state index contributed by atoms with van der Waals surface area (Å²) < 4.78 is 10.6. The van der Waals surface area contributed by atoms with E-state index < -0.39 is 6.01 Å². The van der Waals surface area contributed by atoms with Gasteiger partial charge in [0, 0.05) is 0 Å². The van der Waals surface area contributed by atoms with Gasteiger partial charge in [-0.2, -0.15) is 0 Å². The average Bonchev–Trinajstić information content (AvgIpc) is 2.23. The predicted octanol–water partition coefficient (Wildman–Crippen LogP) is 1.65. The molecule has 1 rings (SSSR count). The van der Waals surface area contributed by atoms with Gasteiger partial charge in [0.05, 0.1) is 13.2 Å². The molecule has 0 saturated carbocycles.